The van der Waals surface area contributed by atoms with E-state index in [1.165, 1.54) is 0 Å². The van der Waals surface area contributed by atoms with E-state index in [0.717, 1.165) is 29.7 Å². The van der Waals surface area contributed by atoms with E-state index >= 15 is 0 Å². The Morgan fingerprint density at radius 3 is 2.85 bits per heavy atom. The average Bonchev–Trinajstić information content (AvgIpc) is 3.03. The number of hydrogen-bond acceptors (Lipinski definition) is 5. The number of hydrogen-bond donors (Lipinski definition) is 1. The highest BCUT2D eigenvalue weighted by molar-refractivity contribution is 6.30. The van der Waals surface area contributed by atoms with E-state index in [1.54, 1.807) is 12.1 Å². The van der Waals surface area contributed by atoms with Gasteiger partial charge >= 0.3 is 0 Å². The fourth-order valence-corrected chi connectivity index (χ4v) is 2.94. The maximum atomic E-state index is 11.6. The third-order valence-corrected chi connectivity index (χ3v) is 4.38. The third kappa shape index (κ3) is 3.70. The molecule has 3 aromatic rings. The molecule has 2 aromatic carbocycles. The smallest absolute Gasteiger partial charge is 0.258 e. The average molecular weight is 370 g/mol. The van der Waals surface area contributed by atoms with Gasteiger partial charge in [0.1, 0.15) is 5.75 Å². The van der Waals surface area contributed by atoms with Gasteiger partial charge in [-0.25, -0.2) is 0 Å². The fourth-order valence-electron chi connectivity index (χ4n) is 2.81. The number of benzene rings is 2. The molecule has 1 aliphatic heterocycles. The minimum atomic E-state index is 0.0546. The first kappa shape index (κ1) is 16.6. The number of rotatable bonds is 4. The number of carbonyl (C=O) groups is 1. The molecule has 4 rings (SSSR count). The van der Waals surface area contributed by atoms with Crippen LogP contribution in [0.1, 0.15) is 24.2 Å². The van der Waals surface area contributed by atoms with Crippen molar-refractivity contribution < 1.29 is 14.1 Å². The number of anilines is 1. The van der Waals surface area contributed by atoms with Gasteiger partial charge in [-0.15, -0.1) is 0 Å². The van der Waals surface area contributed by atoms with E-state index in [1.807, 2.05) is 30.3 Å². The highest BCUT2D eigenvalue weighted by Crippen LogP contribution is 2.27. The van der Waals surface area contributed by atoms with E-state index in [2.05, 4.69) is 15.5 Å². The Kier molecular flexibility index (Phi) is 4.58. The number of amides is 1. The summed E-state index contributed by atoms with van der Waals surface area (Å²) in [6.07, 6.45) is 2.22. The molecule has 1 aromatic heterocycles. The Hall–Kier alpha value is -2.86. The van der Waals surface area contributed by atoms with Crippen molar-refractivity contribution in [1.82, 2.24) is 10.1 Å². The number of ether oxygens (including phenoxy) is 1. The van der Waals surface area contributed by atoms with Crippen LogP contribution < -0.4 is 10.1 Å². The first-order valence-electron chi connectivity index (χ1n) is 8.31. The molecule has 2 heterocycles. The van der Waals surface area contributed by atoms with Gasteiger partial charge in [-0.1, -0.05) is 16.8 Å². The lowest BCUT2D eigenvalue weighted by molar-refractivity contribution is -0.116. The van der Waals surface area contributed by atoms with Crippen molar-refractivity contribution in [3.8, 4) is 17.2 Å². The number of carbonyl (C=O) groups excluding carboxylic acids is 1. The van der Waals surface area contributed by atoms with Crippen LogP contribution in [0.15, 0.2) is 47.0 Å². The summed E-state index contributed by atoms with van der Waals surface area (Å²) in [6, 6.07) is 12.8. The Morgan fingerprint density at radius 1 is 1.15 bits per heavy atom. The third-order valence-electron chi connectivity index (χ3n) is 4.13. The van der Waals surface area contributed by atoms with Crippen molar-refractivity contribution in [1.29, 1.82) is 0 Å². The summed E-state index contributed by atoms with van der Waals surface area (Å²) < 4.78 is 11.0. The molecular formula is C19H16ClN3O3. The predicted octanol–water partition coefficient (Wildman–Crippen LogP) is 4.24. The van der Waals surface area contributed by atoms with E-state index in [9.17, 15) is 4.79 Å². The summed E-state index contributed by atoms with van der Waals surface area (Å²) in [5.74, 6) is 1.64. The monoisotopic (exact) mass is 369 g/mol. The molecule has 0 saturated carbocycles. The Morgan fingerprint density at radius 2 is 2.00 bits per heavy atom. The van der Waals surface area contributed by atoms with Crippen LogP contribution in [0, 0.1) is 0 Å². The van der Waals surface area contributed by atoms with E-state index in [4.69, 9.17) is 20.9 Å². The number of aromatic nitrogens is 2. The van der Waals surface area contributed by atoms with Gasteiger partial charge in [-0.3, -0.25) is 4.79 Å². The molecule has 0 radical (unpaired) electrons. The molecule has 0 aliphatic carbocycles. The van der Waals surface area contributed by atoms with E-state index in [0.29, 0.717) is 28.9 Å². The van der Waals surface area contributed by atoms with Crippen molar-refractivity contribution in [3.05, 3.63) is 58.9 Å². The molecule has 0 fully saturated rings. The summed E-state index contributed by atoms with van der Waals surface area (Å²) in [4.78, 5) is 15.9. The lowest BCUT2D eigenvalue weighted by Gasteiger charge is -2.09. The molecule has 0 bridgehead atoms. The zero-order chi connectivity index (χ0) is 17.9. The van der Waals surface area contributed by atoms with Crippen molar-refractivity contribution >= 4 is 23.2 Å². The van der Waals surface area contributed by atoms with Gasteiger partial charge in [0, 0.05) is 22.7 Å². The summed E-state index contributed by atoms with van der Waals surface area (Å²) >= 11 is 5.88. The summed E-state index contributed by atoms with van der Waals surface area (Å²) in [6.45, 7) is 0.197. The number of nitrogens with zero attached hydrogens (tertiary/aromatic N) is 2. The molecule has 26 heavy (non-hydrogen) atoms. The molecule has 0 unspecified atom stereocenters. The second-order valence-electron chi connectivity index (χ2n) is 6.03. The Bertz CT molecular complexity index is 937. The van der Waals surface area contributed by atoms with Crippen LogP contribution >= 0.6 is 11.6 Å². The van der Waals surface area contributed by atoms with Crippen molar-refractivity contribution in [2.24, 2.45) is 0 Å². The summed E-state index contributed by atoms with van der Waals surface area (Å²) in [7, 11) is 0. The largest absolute Gasteiger partial charge is 0.485 e. The number of aryl methyl sites for hydroxylation is 1. The van der Waals surface area contributed by atoms with Gasteiger partial charge in [0.15, 0.2) is 6.61 Å². The highest BCUT2D eigenvalue weighted by atomic mass is 35.5. The SMILES string of the molecule is O=C1CCCc2cc(OCc3noc(-c4ccc(Cl)cc4)n3)ccc2N1. The van der Waals surface area contributed by atoms with Gasteiger partial charge in [0.05, 0.1) is 0 Å². The Labute approximate surface area is 155 Å². The van der Waals surface area contributed by atoms with Crippen LogP contribution in [0.5, 0.6) is 5.75 Å². The fraction of sp³-hybridized carbons (Fsp3) is 0.211. The maximum absolute atomic E-state index is 11.6. The molecule has 1 aliphatic rings. The molecule has 0 spiro atoms. The normalized spacial score (nSPS) is 13.7. The van der Waals surface area contributed by atoms with E-state index < -0.39 is 0 Å². The van der Waals surface area contributed by atoms with Crippen LogP contribution in [0.2, 0.25) is 5.02 Å². The lowest BCUT2D eigenvalue weighted by atomic mass is 10.1. The topological polar surface area (TPSA) is 77.2 Å². The standard InChI is InChI=1S/C19H16ClN3O3/c20-14-6-4-12(5-7-14)19-22-17(23-26-19)11-25-15-8-9-16-13(10-15)2-1-3-18(24)21-16/h4-10H,1-3,11H2,(H,21,24). The number of fused-ring (bicyclic) bond motifs is 1. The zero-order valence-electron chi connectivity index (χ0n) is 13.9. The van der Waals surface area contributed by atoms with Gasteiger partial charge in [-0.2, -0.15) is 4.98 Å². The molecule has 0 atom stereocenters. The number of halogens is 1. The number of nitrogens with one attached hydrogen (secondary N) is 1. The summed E-state index contributed by atoms with van der Waals surface area (Å²) in [5.41, 5.74) is 2.72. The maximum Gasteiger partial charge on any atom is 0.258 e. The molecule has 1 N–H and O–H groups in total. The zero-order valence-corrected chi connectivity index (χ0v) is 14.6. The quantitative estimate of drug-likeness (QED) is 0.744. The minimum Gasteiger partial charge on any atom is -0.485 e. The molecule has 0 saturated heterocycles. The van der Waals surface area contributed by atoms with Gasteiger partial charge in [0.25, 0.3) is 5.89 Å². The van der Waals surface area contributed by atoms with Gasteiger partial charge < -0.3 is 14.6 Å². The van der Waals surface area contributed by atoms with Crippen LogP contribution in [0.4, 0.5) is 5.69 Å². The minimum absolute atomic E-state index is 0.0546. The predicted molar refractivity (Wildman–Crippen MR) is 97.1 cm³/mol. The Balaban J connectivity index is 1.44. The molecule has 1 amide bonds. The molecular weight excluding hydrogens is 354 g/mol. The molecule has 132 valence electrons. The first-order valence-corrected chi connectivity index (χ1v) is 8.69. The second-order valence-corrected chi connectivity index (χ2v) is 6.47. The highest BCUT2D eigenvalue weighted by Gasteiger charge is 2.14. The van der Waals surface area contributed by atoms with Gasteiger partial charge in [-0.05, 0) is 60.9 Å². The first-order chi connectivity index (χ1) is 12.7. The van der Waals surface area contributed by atoms with Crippen LogP contribution in [-0.4, -0.2) is 16.0 Å². The lowest BCUT2D eigenvalue weighted by Crippen LogP contribution is -2.09. The van der Waals surface area contributed by atoms with Crippen LogP contribution in [0.25, 0.3) is 11.5 Å². The second kappa shape index (κ2) is 7.17. The van der Waals surface area contributed by atoms with Crippen molar-refractivity contribution in [2.45, 2.75) is 25.9 Å². The van der Waals surface area contributed by atoms with E-state index in [-0.39, 0.29) is 12.5 Å². The van der Waals surface area contributed by atoms with Crippen LogP contribution in [0.3, 0.4) is 0 Å². The van der Waals surface area contributed by atoms with Crippen molar-refractivity contribution in [3.63, 3.8) is 0 Å². The van der Waals surface area contributed by atoms with Crippen LogP contribution in [-0.2, 0) is 17.8 Å². The molecule has 6 nitrogen and oxygen atoms in total. The van der Waals surface area contributed by atoms with Crippen molar-refractivity contribution in [2.75, 3.05) is 5.32 Å². The molecule has 7 heteroatoms. The van der Waals surface area contributed by atoms with Gasteiger partial charge in [0.2, 0.25) is 11.7 Å². The summed E-state index contributed by atoms with van der Waals surface area (Å²) in [5, 5.41) is 7.50.